The molecule has 0 radical (unpaired) electrons. The van der Waals surface area contributed by atoms with Crippen molar-refractivity contribution in [2.24, 2.45) is 5.73 Å². The first-order valence-electron chi connectivity index (χ1n) is 8.76. The average molecular weight is 419 g/mol. The van der Waals surface area contributed by atoms with E-state index >= 15 is 0 Å². The summed E-state index contributed by atoms with van der Waals surface area (Å²) in [5, 5.41) is 6.80. The van der Waals surface area contributed by atoms with Crippen molar-refractivity contribution in [2.75, 3.05) is 6.54 Å². The summed E-state index contributed by atoms with van der Waals surface area (Å²) in [6.45, 7) is 0.0594. The molecule has 29 heavy (non-hydrogen) atoms. The standard InChI is InChI=1S/C17H15F6N5O/c18-10-5-12(20)11(19)2-7(10)1-8(24)3-14(29)27-6-9-4-13(27)15-25-26-16(28(9)15)17(21,22)23/h2,5,8-9,13H,1,3-4,6,24H2/t8-,9+,13+/m1/s1. The van der Waals surface area contributed by atoms with Crippen LogP contribution < -0.4 is 5.73 Å². The van der Waals surface area contributed by atoms with Gasteiger partial charge in [0.2, 0.25) is 11.7 Å². The molecule has 3 atom stereocenters. The maximum Gasteiger partial charge on any atom is 0.451 e. The summed E-state index contributed by atoms with van der Waals surface area (Å²) >= 11 is 0. The van der Waals surface area contributed by atoms with Crippen molar-refractivity contribution in [2.45, 2.75) is 43.6 Å². The van der Waals surface area contributed by atoms with E-state index in [1.54, 1.807) is 0 Å². The van der Waals surface area contributed by atoms with Crippen LogP contribution in [0.4, 0.5) is 26.3 Å². The fourth-order valence-electron chi connectivity index (χ4n) is 4.02. The summed E-state index contributed by atoms with van der Waals surface area (Å²) in [6, 6.07) is -1.00. The molecular weight excluding hydrogens is 404 g/mol. The quantitative estimate of drug-likeness (QED) is 0.610. The van der Waals surface area contributed by atoms with E-state index in [-0.39, 0.29) is 30.8 Å². The van der Waals surface area contributed by atoms with Crippen LogP contribution in [0.5, 0.6) is 0 Å². The molecule has 2 aliphatic heterocycles. The number of carbonyl (C=O) groups excluding carboxylic acids is 1. The molecule has 6 nitrogen and oxygen atoms in total. The predicted molar refractivity (Wildman–Crippen MR) is 85.7 cm³/mol. The van der Waals surface area contributed by atoms with Crippen LogP contribution in [0.15, 0.2) is 12.1 Å². The van der Waals surface area contributed by atoms with Gasteiger partial charge in [0.15, 0.2) is 17.5 Å². The highest BCUT2D eigenvalue weighted by atomic mass is 19.4. The Kier molecular flexibility index (Phi) is 4.56. The van der Waals surface area contributed by atoms with Gasteiger partial charge in [0.05, 0.1) is 12.1 Å². The van der Waals surface area contributed by atoms with Crippen molar-refractivity contribution in [1.29, 1.82) is 0 Å². The number of alkyl halides is 3. The first kappa shape index (κ1) is 19.7. The molecule has 2 aliphatic rings. The number of benzene rings is 1. The lowest BCUT2D eigenvalue weighted by molar-refractivity contribution is -0.148. The largest absolute Gasteiger partial charge is 0.451 e. The molecule has 2 N–H and O–H groups in total. The molecule has 0 saturated carbocycles. The highest BCUT2D eigenvalue weighted by molar-refractivity contribution is 5.78. The molecule has 0 aliphatic carbocycles. The Morgan fingerprint density at radius 1 is 1.17 bits per heavy atom. The maximum atomic E-state index is 13.7. The summed E-state index contributed by atoms with van der Waals surface area (Å²) in [5.74, 6) is -4.97. The Bertz CT molecular complexity index is 974. The van der Waals surface area contributed by atoms with E-state index in [0.717, 1.165) is 4.57 Å². The number of halogens is 6. The number of fused-ring (bicyclic) bond motifs is 5. The van der Waals surface area contributed by atoms with E-state index in [1.165, 1.54) is 4.90 Å². The molecule has 2 bridgehead atoms. The van der Waals surface area contributed by atoms with Gasteiger partial charge in [0.1, 0.15) is 5.82 Å². The second-order valence-electron chi connectivity index (χ2n) is 7.23. The van der Waals surface area contributed by atoms with Crippen LogP contribution in [0.3, 0.4) is 0 Å². The smallest absolute Gasteiger partial charge is 0.330 e. The van der Waals surface area contributed by atoms with Gasteiger partial charge in [0, 0.05) is 25.1 Å². The van der Waals surface area contributed by atoms with Gasteiger partial charge in [0.25, 0.3) is 0 Å². The number of aromatic nitrogens is 3. The second-order valence-corrected chi connectivity index (χ2v) is 7.23. The fraction of sp³-hybridized carbons (Fsp3) is 0.471. The SMILES string of the molecule is N[C@@H](CC(=O)N1C[C@@H]2C[C@H]1c1nnc(C(F)(F)F)n12)Cc1cc(F)c(F)cc1F. The zero-order valence-corrected chi connectivity index (χ0v) is 14.8. The third kappa shape index (κ3) is 3.34. The number of hydrogen-bond acceptors (Lipinski definition) is 4. The Morgan fingerprint density at radius 3 is 2.55 bits per heavy atom. The molecule has 1 saturated heterocycles. The molecule has 4 rings (SSSR count). The molecule has 0 spiro atoms. The Morgan fingerprint density at radius 2 is 1.86 bits per heavy atom. The molecule has 2 aromatic rings. The number of likely N-dealkylation sites (tertiary alicyclic amines) is 1. The number of nitrogens with two attached hydrogens (primary N) is 1. The summed E-state index contributed by atoms with van der Waals surface area (Å²) in [4.78, 5) is 14.0. The van der Waals surface area contributed by atoms with Crippen LogP contribution in [0.1, 0.15) is 42.1 Å². The minimum Gasteiger partial charge on any atom is -0.330 e. The van der Waals surface area contributed by atoms with Crippen LogP contribution in [0.2, 0.25) is 0 Å². The van der Waals surface area contributed by atoms with Crippen LogP contribution in [-0.4, -0.2) is 38.2 Å². The van der Waals surface area contributed by atoms with Crippen LogP contribution in [0, 0.1) is 17.5 Å². The van der Waals surface area contributed by atoms with E-state index in [9.17, 15) is 31.1 Å². The lowest BCUT2D eigenvalue weighted by atomic mass is 10.0. The summed E-state index contributed by atoms with van der Waals surface area (Å²) in [7, 11) is 0. The summed E-state index contributed by atoms with van der Waals surface area (Å²) < 4.78 is 80.1. The van der Waals surface area contributed by atoms with E-state index in [2.05, 4.69) is 10.2 Å². The van der Waals surface area contributed by atoms with Gasteiger partial charge in [-0.2, -0.15) is 13.2 Å². The molecule has 1 fully saturated rings. The summed E-state index contributed by atoms with van der Waals surface area (Å²) in [5.41, 5.74) is 5.71. The second kappa shape index (κ2) is 6.71. The molecule has 12 heteroatoms. The number of nitrogens with zero attached hydrogens (tertiary/aromatic N) is 4. The van der Waals surface area contributed by atoms with Crippen molar-refractivity contribution in [3.8, 4) is 0 Å². The van der Waals surface area contributed by atoms with Gasteiger partial charge in [-0.1, -0.05) is 0 Å². The lowest BCUT2D eigenvalue weighted by Gasteiger charge is -2.28. The van der Waals surface area contributed by atoms with E-state index in [1.807, 2.05) is 0 Å². The molecule has 3 heterocycles. The zero-order valence-electron chi connectivity index (χ0n) is 14.8. The Labute approximate surface area is 160 Å². The van der Waals surface area contributed by atoms with Gasteiger partial charge in [-0.25, -0.2) is 13.2 Å². The topological polar surface area (TPSA) is 77.0 Å². The molecule has 1 aromatic heterocycles. The molecule has 0 unspecified atom stereocenters. The van der Waals surface area contributed by atoms with Crippen molar-refractivity contribution < 1.29 is 31.1 Å². The van der Waals surface area contributed by atoms with E-state index < -0.39 is 53.5 Å². The van der Waals surface area contributed by atoms with Gasteiger partial charge in [-0.15, -0.1) is 10.2 Å². The molecule has 156 valence electrons. The monoisotopic (exact) mass is 419 g/mol. The minimum absolute atomic E-state index is 0.0594. The van der Waals surface area contributed by atoms with Crippen molar-refractivity contribution in [3.05, 3.63) is 46.8 Å². The third-order valence-electron chi connectivity index (χ3n) is 5.25. The van der Waals surface area contributed by atoms with Crippen LogP contribution >= 0.6 is 0 Å². The Hall–Kier alpha value is -2.63. The molecule has 1 aromatic carbocycles. The van der Waals surface area contributed by atoms with E-state index in [0.29, 0.717) is 18.6 Å². The predicted octanol–water partition coefficient (Wildman–Crippen LogP) is 2.50. The Balaban J connectivity index is 1.44. The maximum absolute atomic E-state index is 13.7. The number of rotatable bonds is 4. The lowest BCUT2D eigenvalue weighted by Crippen LogP contribution is -2.40. The number of hydrogen-bond donors (Lipinski definition) is 1. The van der Waals surface area contributed by atoms with Crippen LogP contribution in [0.25, 0.3) is 0 Å². The highest BCUT2D eigenvalue weighted by Crippen LogP contribution is 2.47. The van der Waals surface area contributed by atoms with Gasteiger partial charge >= 0.3 is 6.18 Å². The normalized spacial score (nSPS) is 21.6. The van der Waals surface area contributed by atoms with Crippen molar-refractivity contribution in [1.82, 2.24) is 19.7 Å². The first-order chi connectivity index (χ1) is 13.6. The highest BCUT2D eigenvalue weighted by Gasteiger charge is 2.51. The van der Waals surface area contributed by atoms with Gasteiger partial charge in [-0.3, -0.25) is 4.79 Å². The van der Waals surface area contributed by atoms with Crippen molar-refractivity contribution >= 4 is 5.91 Å². The number of carbonyl (C=O) groups is 1. The van der Waals surface area contributed by atoms with E-state index in [4.69, 9.17) is 5.73 Å². The first-order valence-corrected chi connectivity index (χ1v) is 8.76. The number of amides is 1. The van der Waals surface area contributed by atoms with Gasteiger partial charge < -0.3 is 15.2 Å². The average Bonchev–Trinajstić information content (AvgIpc) is 3.30. The molecular formula is C17H15F6N5O. The fourth-order valence-corrected chi connectivity index (χ4v) is 4.02. The summed E-state index contributed by atoms with van der Waals surface area (Å²) in [6.07, 6.45) is -4.78. The van der Waals surface area contributed by atoms with Crippen molar-refractivity contribution in [3.63, 3.8) is 0 Å². The minimum atomic E-state index is -4.64. The van der Waals surface area contributed by atoms with Gasteiger partial charge in [-0.05, 0) is 24.5 Å². The third-order valence-corrected chi connectivity index (χ3v) is 5.25. The zero-order chi connectivity index (χ0) is 21.1. The molecule has 1 amide bonds. The van der Waals surface area contributed by atoms with Crippen LogP contribution in [-0.2, 0) is 17.4 Å².